The SMILES string of the molecule is CN(C(=O)CCC(F)(F)F)C1CCN(c2cccc3c2C(=O)N(C2CCC(=O)NC2=O)C3=O)CC1. The number of imide groups is 2. The van der Waals surface area contributed by atoms with Crippen LogP contribution in [-0.2, 0) is 14.4 Å². The molecule has 0 bridgehead atoms. The molecule has 3 aliphatic heterocycles. The second-order valence-electron chi connectivity index (χ2n) is 8.98. The Kier molecular flexibility index (Phi) is 6.56. The van der Waals surface area contributed by atoms with Crippen LogP contribution in [0.5, 0.6) is 0 Å². The van der Waals surface area contributed by atoms with Crippen molar-refractivity contribution in [1.29, 1.82) is 0 Å². The van der Waals surface area contributed by atoms with E-state index in [0.717, 1.165) is 4.90 Å². The monoisotopic (exact) mass is 494 g/mol. The number of nitrogens with one attached hydrogen (secondary N) is 1. The van der Waals surface area contributed by atoms with Gasteiger partial charge < -0.3 is 9.80 Å². The molecule has 188 valence electrons. The average Bonchev–Trinajstić information content (AvgIpc) is 3.07. The second kappa shape index (κ2) is 9.31. The number of amides is 5. The number of rotatable bonds is 5. The van der Waals surface area contributed by atoms with Crippen LogP contribution in [0.15, 0.2) is 18.2 Å². The summed E-state index contributed by atoms with van der Waals surface area (Å²) in [4.78, 5) is 66.4. The number of anilines is 1. The molecule has 3 heterocycles. The summed E-state index contributed by atoms with van der Waals surface area (Å²) in [6, 6.07) is 3.57. The number of piperidine rings is 2. The fraction of sp³-hybridized carbons (Fsp3) is 0.522. The first kappa shape index (κ1) is 24.7. The number of hydrogen-bond acceptors (Lipinski definition) is 6. The Labute approximate surface area is 199 Å². The third-order valence-corrected chi connectivity index (χ3v) is 6.81. The highest BCUT2D eigenvalue weighted by Gasteiger charge is 2.46. The van der Waals surface area contributed by atoms with Crippen LogP contribution in [0.2, 0.25) is 0 Å². The minimum absolute atomic E-state index is 0.0272. The minimum atomic E-state index is -4.39. The fourth-order valence-corrected chi connectivity index (χ4v) is 4.88. The first-order chi connectivity index (χ1) is 16.5. The maximum absolute atomic E-state index is 13.3. The summed E-state index contributed by atoms with van der Waals surface area (Å²) < 4.78 is 37.3. The molecular weight excluding hydrogens is 469 g/mol. The maximum Gasteiger partial charge on any atom is 0.389 e. The maximum atomic E-state index is 13.3. The third-order valence-electron chi connectivity index (χ3n) is 6.81. The lowest BCUT2D eigenvalue weighted by molar-refractivity contribution is -0.149. The number of fused-ring (bicyclic) bond motifs is 1. The average molecular weight is 494 g/mol. The molecular formula is C23H25F3N4O5. The first-order valence-electron chi connectivity index (χ1n) is 11.4. The van der Waals surface area contributed by atoms with Gasteiger partial charge in [-0.25, -0.2) is 0 Å². The summed E-state index contributed by atoms with van der Waals surface area (Å²) in [7, 11) is 1.50. The van der Waals surface area contributed by atoms with Crippen molar-refractivity contribution in [3.05, 3.63) is 29.3 Å². The van der Waals surface area contributed by atoms with Gasteiger partial charge in [-0.15, -0.1) is 0 Å². The Balaban J connectivity index is 1.46. The van der Waals surface area contributed by atoms with Crippen LogP contribution in [0.3, 0.4) is 0 Å². The van der Waals surface area contributed by atoms with Gasteiger partial charge in [-0.3, -0.25) is 34.2 Å². The van der Waals surface area contributed by atoms with Gasteiger partial charge in [0.15, 0.2) is 0 Å². The van der Waals surface area contributed by atoms with E-state index in [9.17, 15) is 37.1 Å². The van der Waals surface area contributed by atoms with Crippen LogP contribution in [0.1, 0.15) is 59.2 Å². The molecule has 9 nitrogen and oxygen atoms in total. The second-order valence-corrected chi connectivity index (χ2v) is 8.98. The predicted octanol–water partition coefficient (Wildman–Crippen LogP) is 1.86. The summed E-state index contributed by atoms with van der Waals surface area (Å²) in [5.41, 5.74) is 0.897. The molecule has 1 aromatic rings. The zero-order valence-electron chi connectivity index (χ0n) is 19.1. The summed E-state index contributed by atoms with van der Waals surface area (Å²) in [6.07, 6.45) is -5.10. The smallest absolute Gasteiger partial charge is 0.371 e. The Morgan fingerprint density at radius 2 is 1.77 bits per heavy atom. The number of carbonyl (C=O) groups excluding carboxylic acids is 5. The molecule has 1 N–H and O–H groups in total. The molecule has 12 heteroatoms. The van der Waals surface area contributed by atoms with Crippen LogP contribution in [-0.4, -0.2) is 77.7 Å². The molecule has 4 rings (SSSR count). The van der Waals surface area contributed by atoms with Gasteiger partial charge in [0.05, 0.1) is 23.2 Å². The molecule has 1 atom stereocenters. The normalized spacial score (nSPS) is 21.3. The molecule has 35 heavy (non-hydrogen) atoms. The number of hydrogen-bond donors (Lipinski definition) is 1. The van der Waals surface area contributed by atoms with Crippen LogP contribution in [0.25, 0.3) is 0 Å². The van der Waals surface area contributed by atoms with Gasteiger partial charge in [-0.2, -0.15) is 13.2 Å². The van der Waals surface area contributed by atoms with E-state index in [2.05, 4.69) is 5.32 Å². The van der Waals surface area contributed by atoms with Crippen molar-refractivity contribution in [2.75, 3.05) is 25.0 Å². The Hall–Kier alpha value is -3.44. The zero-order valence-corrected chi connectivity index (χ0v) is 19.1. The van der Waals surface area contributed by atoms with Crippen LogP contribution < -0.4 is 10.2 Å². The van der Waals surface area contributed by atoms with Crippen molar-refractivity contribution < 1.29 is 37.1 Å². The molecule has 0 saturated carbocycles. The number of benzene rings is 1. The van der Waals surface area contributed by atoms with Gasteiger partial charge >= 0.3 is 6.18 Å². The lowest BCUT2D eigenvalue weighted by Crippen LogP contribution is -2.54. The van der Waals surface area contributed by atoms with Crippen molar-refractivity contribution in [2.45, 2.75) is 56.8 Å². The highest BCUT2D eigenvalue weighted by Crippen LogP contribution is 2.35. The van der Waals surface area contributed by atoms with Crippen molar-refractivity contribution in [3.63, 3.8) is 0 Å². The van der Waals surface area contributed by atoms with Gasteiger partial charge in [0, 0.05) is 39.0 Å². The van der Waals surface area contributed by atoms with Gasteiger partial charge in [-0.1, -0.05) is 6.07 Å². The summed E-state index contributed by atoms with van der Waals surface area (Å²) >= 11 is 0. The van der Waals surface area contributed by atoms with Gasteiger partial charge in [-0.05, 0) is 31.4 Å². The van der Waals surface area contributed by atoms with Crippen molar-refractivity contribution in [1.82, 2.24) is 15.1 Å². The lowest BCUT2D eigenvalue weighted by Gasteiger charge is -2.38. The van der Waals surface area contributed by atoms with Crippen LogP contribution >= 0.6 is 0 Å². The van der Waals surface area contributed by atoms with Crippen molar-refractivity contribution in [3.8, 4) is 0 Å². The predicted molar refractivity (Wildman–Crippen MR) is 116 cm³/mol. The Bertz CT molecular complexity index is 1080. The van der Waals surface area contributed by atoms with E-state index in [1.165, 1.54) is 18.0 Å². The molecule has 2 saturated heterocycles. The molecule has 2 fully saturated rings. The summed E-state index contributed by atoms with van der Waals surface area (Å²) in [6.45, 7) is 0.857. The molecule has 0 radical (unpaired) electrons. The Morgan fingerprint density at radius 1 is 1.09 bits per heavy atom. The molecule has 1 aromatic carbocycles. The first-order valence-corrected chi connectivity index (χ1v) is 11.4. The number of carbonyl (C=O) groups is 5. The highest BCUT2D eigenvalue weighted by molar-refractivity contribution is 6.25. The van der Waals surface area contributed by atoms with Gasteiger partial charge in [0.1, 0.15) is 6.04 Å². The van der Waals surface area contributed by atoms with E-state index >= 15 is 0 Å². The topological polar surface area (TPSA) is 107 Å². The molecule has 3 aliphatic rings. The van der Waals surface area contributed by atoms with Gasteiger partial charge in [0.2, 0.25) is 17.7 Å². The van der Waals surface area contributed by atoms with Crippen LogP contribution in [0, 0.1) is 0 Å². The summed E-state index contributed by atoms with van der Waals surface area (Å²) in [5.74, 6) is -2.89. The lowest BCUT2D eigenvalue weighted by atomic mass is 10.00. The third kappa shape index (κ3) is 4.87. The standard InChI is InChI=1S/C23H25F3N4O5/c1-28(18(32)7-10-23(24,25)26)13-8-11-29(12-9-13)15-4-2-3-14-19(15)22(35)30(21(14)34)16-5-6-17(31)27-20(16)33/h2-4,13,16H,5-12H2,1H3,(H,27,31,33). The zero-order chi connectivity index (χ0) is 25.5. The molecule has 0 spiro atoms. The molecule has 5 amide bonds. The van der Waals surface area contributed by atoms with E-state index in [-0.39, 0.29) is 30.0 Å². The van der Waals surface area contributed by atoms with E-state index in [4.69, 9.17) is 0 Å². The number of alkyl halides is 3. The van der Waals surface area contributed by atoms with E-state index in [1.54, 1.807) is 12.1 Å². The molecule has 0 aliphatic carbocycles. The van der Waals surface area contributed by atoms with E-state index < -0.39 is 54.6 Å². The van der Waals surface area contributed by atoms with Crippen molar-refractivity contribution >= 4 is 35.2 Å². The largest absolute Gasteiger partial charge is 0.389 e. The van der Waals surface area contributed by atoms with E-state index in [0.29, 0.717) is 31.6 Å². The summed E-state index contributed by atoms with van der Waals surface area (Å²) in [5, 5.41) is 2.16. The quantitative estimate of drug-likeness (QED) is 0.627. The minimum Gasteiger partial charge on any atom is -0.371 e. The van der Waals surface area contributed by atoms with Gasteiger partial charge in [0.25, 0.3) is 11.8 Å². The van der Waals surface area contributed by atoms with Crippen LogP contribution in [0.4, 0.5) is 18.9 Å². The highest BCUT2D eigenvalue weighted by atomic mass is 19.4. The Morgan fingerprint density at radius 3 is 2.40 bits per heavy atom. The fourth-order valence-electron chi connectivity index (χ4n) is 4.88. The number of halogens is 3. The van der Waals surface area contributed by atoms with Crippen molar-refractivity contribution in [2.24, 2.45) is 0 Å². The molecule has 0 aromatic heterocycles. The number of nitrogens with zero attached hydrogens (tertiary/aromatic N) is 3. The van der Waals surface area contributed by atoms with E-state index in [1.807, 2.05) is 4.90 Å². The molecule has 1 unspecified atom stereocenters.